The summed E-state index contributed by atoms with van der Waals surface area (Å²) in [5.41, 5.74) is 2.73. The van der Waals surface area contributed by atoms with E-state index in [-0.39, 0.29) is 0 Å². The highest BCUT2D eigenvalue weighted by atomic mass is 32.2. The molecule has 4 rings (SSSR count). The van der Waals surface area contributed by atoms with Crippen molar-refractivity contribution in [2.45, 2.75) is 29.7 Å². The maximum Gasteiger partial charge on any atom is 0.206 e. The minimum absolute atomic E-state index is 0.320. The zero-order chi connectivity index (χ0) is 18.9. The average molecular weight is 385 g/mol. The van der Waals surface area contributed by atoms with E-state index in [1.807, 2.05) is 25.1 Å². The van der Waals surface area contributed by atoms with Gasteiger partial charge in [0, 0.05) is 30.6 Å². The molecule has 5 nitrogen and oxygen atoms in total. The van der Waals surface area contributed by atoms with Crippen LogP contribution in [0, 0.1) is 6.92 Å². The third kappa shape index (κ3) is 3.78. The van der Waals surface area contributed by atoms with Crippen LogP contribution in [0.25, 0.3) is 11.0 Å². The van der Waals surface area contributed by atoms with Gasteiger partial charge in [0.25, 0.3) is 0 Å². The fraction of sp³-hybridized carbons (Fsp3) is 0.333. The Bertz CT molecular complexity index is 1030. The van der Waals surface area contributed by atoms with Gasteiger partial charge >= 0.3 is 0 Å². The van der Waals surface area contributed by atoms with Crippen LogP contribution in [0.4, 0.5) is 0 Å². The second-order valence-electron chi connectivity index (χ2n) is 7.12. The fourth-order valence-electron chi connectivity index (χ4n) is 3.55. The predicted octanol–water partition coefficient (Wildman–Crippen LogP) is 3.37. The first kappa shape index (κ1) is 18.2. The minimum atomic E-state index is -3.57. The van der Waals surface area contributed by atoms with Crippen LogP contribution in [-0.4, -0.2) is 39.5 Å². The number of aryl methyl sites for hydroxylation is 1. The van der Waals surface area contributed by atoms with Crippen molar-refractivity contribution in [2.75, 3.05) is 26.2 Å². The van der Waals surface area contributed by atoms with Crippen molar-refractivity contribution in [3.05, 3.63) is 59.9 Å². The second kappa shape index (κ2) is 7.46. The molecule has 0 radical (unpaired) electrons. The van der Waals surface area contributed by atoms with E-state index in [1.54, 1.807) is 30.5 Å². The van der Waals surface area contributed by atoms with E-state index in [9.17, 15) is 8.42 Å². The summed E-state index contributed by atoms with van der Waals surface area (Å²) in [6.07, 6.45) is 2.71. The predicted molar refractivity (Wildman–Crippen MR) is 106 cm³/mol. The highest BCUT2D eigenvalue weighted by Gasteiger charge is 2.21. The normalized spacial score (nSPS) is 16.5. The summed E-state index contributed by atoms with van der Waals surface area (Å²) in [7, 11) is -3.57. The SMILES string of the molecule is Cc1ccc(S(=O)(=O)c2cc(CN3CCCNCC3)c3occc3c2)cc1. The van der Waals surface area contributed by atoms with Gasteiger partial charge < -0.3 is 9.73 Å². The summed E-state index contributed by atoms with van der Waals surface area (Å²) < 4.78 is 32.0. The van der Waals surface area contributed by atoms with Crippen LogP contribution in [0.1, 0.15) is 17.5 Å². The molecular formula is C21H24N2O3S. The molecule has 1 aromatic heterocycles. The molecule has 0 unspecified atom stereocenters. The van der Waals surface area contributed by atoms with Gasteiger partial charge in [0.05, 0.1) is 16.1 Å². The topological polar surface area (TPSA) is 62.6 Å². The van der Waals surface area contributed by atoms with E-state index >= 15 is 0 Å². The number of hydrogen-bond donors (Lipinski definition) is 1. The van der Waals surface area contributed by atoms with Crippen LogP contribution in [0.2, 0.25) is 0 Å². The van der Waals surface area contributed by atoms with Crippen LogP contribution >= 0.6 is 0 Å². The monoisotopic (exact) mass is 384 g/mol. The molecule has 1 fully saturated rings. The van der Waals surface area contributed by atoms with Crippen molar-refractivity contribution in [2.24, 2.45) is 0 Å². The molecule has 1 N–H and O–H groups in total. The van der Waals surface area contributed by atoms with Crippen molar-refractivity contribution in [1.29, 1.82) is 0 Å². The lowest BCUT2D eigenvalue weighted by molar-refractivity contribution is 0.284. The first-order valence-electron chi connectivity index (χ1n) is 9.29. The highest BCUT2D eigenvalue weighted by Crippen LogP contribution is 2.29. The van der Waals surface area contributed by atoms with Crippen LogP contribution in [0.3, 0.4) is 0 Å². The van der Waals surface area contributed by atoms with Crippen LogP contribution in [-0.2, 0) is 16.4 Å². The third-order valence-corrected chi connectivity index (χ3v) is 6.82. The lowest BCUT2D eigenvalue weighted by Crippen LogP contribution is -2.27. The first-order valence-corrected chi connectivity index (χ1v) is 10.8. The summed E-state index contributed by atoms with van der Waals surface area (Å²) in [5, 5.41) is 4.22. The van der Waals surface area contributed by atoms with Gasteiger partial charge in [-0.3, -0.25) is 4.90 Å². The van der Waals surface area contributed by atoms with E-state index in [4.69, 9.17) is 4.42 Å². The number of hydrogen-bond acceptors (Lipinski definition) is 5. The van der Waals surface area contributed by atoms with Crippen molar-refractivity contribution in [3.63, 3.8) is 0 Å². The van der Waals surface area contributed by atoms with E-state index < -0.39 is 9.84 Å². The van der Waals surface area contributed by atoms with Crippen molar-refractivity contribution in [3.8, 4) is 0 Å². The molecule has 3 aromatic rings. The van der Waals surface area contributed by atoms with E-state index in [2.05, 4.69) is 10.2 Å². The number of rotatable bonds is 4. The highest BCUT2D eigenvalue weighted by molar-refractivity contribution is 7.91. The molecule has 142 valence electrons. The maximum absolute atomic E-state index is 13.2. The Morgan fingerprint density at radius 2 is 1.85 bits per heavy atom. The van der Waals surface area contributed by atoms with Gasteiger partial charge in [0.15, 0.2) is 0 Å². The Morgan fingerprint density at radius 1 is 1.04 bits per heavy atom. The molecule has 27 heavy (non-hydrogen) atoms. The molecule has 2 heterocycles. The number of sulfone groups is 1. The summed E-state index contributed by atoms with van der Waals surface area (Å²) in [4.78, 5) is 2.99. The van der Waals surface area contributed by atoms with E-state index in [0.29, 0.717) is 16.3 Å². The Labute approximate surface area is 159 Å². The zero-order valence-corrected chi connectivity index (χ0v) is 16.3. The Balaban J connectivity index is 1.74. The summed E-state index contributed by atoms with van der Waals surface area (Å²) in [5.74, 6) is 0. The quantitative estimate of drug-likeness (QED) is 0.747. The van der Waals surface area contributed by atoms with Crippen LogP contribution in [0.15, 0.2) is 62.9 Å². The molecule has 0 bridgehead atoms. The maximum atomic E-state index is 13.2. The van der Waals surface area contributed by atoms with Gasteiger partial charge in [-0.15, -0.1) is 0 Å². The number of nitrogens with zero attached hydrogens (tertiary/aromatic N) is 1. The zero-order valence-electron chi connectivity index (χ0n) is 15.4. The molecule has 0 saturated carbocycles. The Morgan fingerprint density at radius 3 is 2.67 bits per heavy atom. The minimum Gasteiger partial charge on any atom is -0.464 e. The lowest BCUT2D eigenvalue weighted by atomic mass is 10.1. The summed E-state index contributed by atoms with van der Waals surface area (Å²) in [6.45, 7) is 6.53. The summed E-state index contributed by atoms with van der Waals surface area (Å²) >= 11 is 0. The smallest absolute Gasteiger partial charge is 0.206 e. The molecule has 0 atom stereocenters. The molecule has 0 aliphatic carbocycles. The van der Waals surface area contributed by atoms with Gasteiger partial charge in [-0.25, -0.2) is 8.42 Å². The second-order valence-corrected chi connectivity index (χ2v) is 9.07. The molecular weight excluding hydrogens is 360 g/mol. The number of furan rings is 1. The van der Waals surface area contributed by atoms with Gasteiger partial charge in [-0.05, 0) is 56.8 Å². The van der Waals surface area contributed by atoms with Crippen molar-refractivity contribution in [1.82, 2.24) is 10.2 Å². The summed E-state index contributed by atoms with van der Waals surface area (Å²) in [6, 6.07) is 12.3. The largest absolute Gasteiger partial charge is 0.464 e. The fourth-order valence-corrected chi connectivity index (χ4v) is 4.90. The molecule has 0 amide bonds. The molecule has 1 aliphatic heterocycles. The van der Waals surface area contributed by atoms with Crippen LogP contribution in [0.5, 0.6) is 0 Å². The van der Waals surface area contributed by atoms with Gasteiger partial charge in [-0.1, -0.05) is 17.7 Å². The number of benzene rings is 2. The third-order valence-electron chi connectivity index (χ3n) is 5.07. The van der Waals surface area contributed by atoms with Crippen molar-refractivity contribution >= 4 is 20.8 Å². The van der Waals surface area contributed by atoms with E-state index in [1.165, 1.54) is 0 Å². The molecule has 1 saturated heterocycles. The Kier molecular flexibility index (Phi) is 5.04. The molecule has 2 aromatic carbocycles. The number of fused-ring (bicyclic) bond motifs is 1. The average Bonchev–Trinajstić information content (AvgIpc) is 2.99. The van der Waals surface area contributed by atoms with Crippen LogP contribution < -0.4 is 5.32 Å². The van der Waals surface area contributed by atoms with E-state index in [0.717, 1.165) is 54.7 Å². The lowest BCUT2D eigenvalue weighted by Gasteiger charge is -2.20. The molecule has 0 spiro atoms. The molecule has 1 aliphatic rings. The Hall–Kier alpha value is -2.15. The standard InChI is InChI=1S/C21H24N2O3S/c1-16-3-5-19(6-4-16)27(24,25)20-13-17-7-12-26-21(17)18(14-20)15-23-10-2-8-22-9-11-23/h3-7,12-14,22H,2,8-11,15H2,1H3. The van der Waals surface area contributed by atoms with Gasteiger partial charge in [0.1, 0.15) is 5.58 Å². The first-order chi connectivity index (χ1) is 13.0. The van der Waals surface area contributed by atoms with Gasteiger partial charge in [-0.2, -0.15) is 0 Å². The number of nitrogens with one attached hydrogen (secondary N) is 1. The molecule has 6 heteroatoms. The van der Waals surface area contributed by atoms with Crippen molar-refractivity contribution < 1.29 is 12.8 Å². The van der Waals surface area contributed by atoms with Gasteiger partial charge in [0.2, 0.25) is 9.84 Å².